The average molecular weight is 417 g/mol. The molecule has 7 nitrogen and oxygen atoms in total. The van der Waals surface area contributed by atoms with E-state index in [2.05, 4.69) is 5.32 Å². The van der Waals surface area contributed by atoms with E-state index in [0.29, 0.717) is 37.7 Å². The topological polar surface area (TPSA) is 71.1 Å². The van der Waals surface area contributed by atoms with Crippen molar-refractivity contribution in [2.45, 2.75) is 6.10 Å². The normalized spacial score (nSPS) is 18.7. The molecule has 1 fully saturated rings. The van der Waals surface area contributed by atoms with E-state index in [9.17, 15) is 18.4 Å². The molecule has 0 saturated carbocycles. The second-order valence-electron chi connectivity index (χ2n) is 7.17. The molecule has 0 radical (unpaired) electrons. The standard InChI is InChI=1S/C21H21F2N3O4/c22-14-9-15(23)11-16(10-14)24-20(27)12-25-5-7-26(8-6-25)21(28)19-13-29-17-3-1-2-4-18(17)30-19/h1-4,9-11,19H,5-8,12-13H2,(H,24,27)/t19-/m1/s1. The summed E-state index contributed by atoms with van der Waals surface area (Å²) in [7, 11) is 0. The van der Waals surface area contributed by atoms with Crippen molar-refractivity contribution in [2.24, 2.45) is 0 Å². The molecule has 2 heterocycles. The number of hydrogen-bond donors (Lipinski definition) is 1. The number of ether oxygens (including phenoxy) is 2. The average Bonchev–Trinajstić information content (AvgIpc) is 2.72. The van der Waals surface area contributed by atoms with Gasteiger partial charge in [-0.25, -0.2) is 8.78 Å². The Bertz CT molecular complexity index is 927. The van der Waals surface area contributed by atoms with Gasteiger partial charge in [-0.05, 0) is 24.3 Å². The van der Waals surface area contributed by atoms with Crippen molar-refractivity contribution < 1.29 is 27.8 Å². The van der Waals surface area contributed by atoms with Crippen LogP contribution in [0, 0.1) is 11.6 Å². The summed E-state index contributed by atoms with van der Waals surface area (Å²) < 4.78 is 37.8. The predicted octanol–water partition coefficient (Wildman–Crippen LogP) is 1.89. The number of piperazine rings is 1. The molecule has 30 heavy (non-hydrogen) atoms. The van der Waals surface area contributed by atoms with E-state index in [1.807, 2.05) is 17.0 Å². The van der Waals surface area contributed by atoms with Crippen molar-refractivity contribution in [3.8, 4) is 11.5 Å². The van der Waals surface area contributed by atoms with Gasteiger partial charge in [0.1, 0.15) is 18.2 Å². The summed E-state index contributed by atoms with van der Waals surface area (Å²) >= 11 is 0. The van der Waals surface area contributed by atoms with Crippen molar-refractivity contribution in [3.63, 3.8) is 0 Å². The first kappa shape index (κ1) is 20.1. The quantitative estimate of drug-likeness (QED) is 0.823. The summed E-state index contributed by atoms with van der Waals surface area (Å²) in [5.41, 5.74) is 0.0704. The van der Waals surface area contributed by atoms with Gasteiger partial charge < -0.3 is 19.7 Å². The fraction of sp³-hybridized carbons (Fsp3) is 0.333. The molecule has 2 aliphatic heterocycles. The van der Waals surface area contributed by atoms with Gasteiger partial charge in [-0.3, -0.25) is 14.5 Å². The Balaban J connectivity index is 1.25. The Morgan fingerprint density at radius 2 is 1.67 bits per heavy atom. The van der Waals surface area contributed by atoms with Gasteiger partial charge in [0.05, 0.1) is 6.54 Å². The fourth-order valence-electron chi connectivity index (χ4n) is 3.50. The molecule has 1 saturated heterocycles. The van der Waals surface area contributed by atoms with Crippen molar-refractivity contribution >= 4 is 17.5 Å². The van der Waals surface area contributed by atoms with Crippen LogP contribution in [0.25, 0.3) is 0 Å². The molecule has 158 valence electrons. The van der Waals surface area contributed by atoms with Crippen LogP contribution in [0.1, 0.15) is 0 Å². The Labute approximate surface area is 172 Å². The van der Waals surface area contributed by atoms with Crippen LogP contribution >= 0.6 is 0 Å². The zero-order valence-electron chi connectivity index (χ0n) is 16.1. The first-order valence-electron chi connectivity index (χ1n) is 9.63. The highest BCUT2D eigenvalue weighted by Crippen LogP contribution is 2.31. The van der Waals surface area contributed by atoms with Gasteiger partial charge in [0.25, 0.3) is 5.91 Å². The number of amides is 2. The van der Waals surface area contributed by atoms with Gasteiger partial charge in [0.2, 0.25) is 12.0 Å². The number of nitrogens with zero attached hydrogens (tertiary/aromatic N) is 2. The highest BCUT2D eigenvalue weighted by Gasteiger charge is 2.32. The maximum atomic E-state index is 13.2. The summed E-state index contributed by atoms with van der Waals surface area (Å²) in [6, 6.07) is 10.1. The summed E-state index contributed by atoms with van der Waals surface area (Å²) in [4.78, 5) is 28.5. The van der Waals surface area contributed by atoms with Crippen LogP contribution in [0.4, 0.5) is 14.5 Å². The van der Waals surface area contributed by atoms with Crippen molar-refractivity contribution in [2.75, 3.05) is 44.6 Å². The first-order valence-corrected chi connectivity index (χ1v) is 9.63. The number of hydrogen-bond acceptors (Lipinski definition) is 5. The van der Waals surface area contributed by atoms with Crippen LogP contribution in [0.2, 0.25) is 0 Å². The lowest BCUT2D eigenvalue weighted by molar-refractivity contribution is -0.143. The van der Waals surface area contributed by atoms with E-state index < -0.39 is 17.7 Å². The molecule has 2 amide bonds. The zero-order chi connectivity index (χ0) is 21.1. The van der Waals surface area contributed by atoms with Crippen LogP contribution in [0.15, 0.2) is 42.5 Å². The van der Waals surface area contributed by atoms with Crippen molar-refractivity contribution in [1.29, 1.82) is 0 Å². The summed E-state index contributed by atoms with van der Waals surface area (Å²) in [6.45, 7) is 2.12. The highest BCUT2D eigenvalue weighted by atomic mass is 19.1. The molecule has 0 spiro atoms. The predicted molar refractivity (Wildman–Crippen MR) is 104 cm³/mol. The molecule has 9 heteroatoms. The van der Waals surface area contributed by atoms with Gasteiger partial charge in [-0.1, -0.05) is 12.1 Å². The maximum Gasteiger partial charge on any atom is 0.267 e. The number of para-hydroxylation sites is 2. The first-order chi connectivity index (χ1) is 14.5. The Kier molecular flexibility index (Phi) is 5.80. The van der Waals surface area contributed by atoms with Crippen molar-refractivity contribution in [1.82, 2.24) is 9.80 Å². The van der Waals surface area contributed by atoms with E-state index in [0.717, 1.165) is 18.2 Å². The van der Waals surface area contributed by atoms with Gasteiger partial charge >= 0.3 is 0 Å². The zero-order valence-corrected chi connectivity index (χ0v) is 16.1. The molecule has 4 rings (SSSR count). The largest absolute Gasteiger partial charge is 0.485 e. The monoisotopic (exact) mass is 417 g/mol. The fourth-order valence-corrected chi connectivity index (χ4v) is 3.50. The van der Waals surface area contributed by atoms with E-state index in [-0.39, 0.29) is 30.7 Å². The number of rotatable bonds is 4. The third-order valence-electron chi connectivity index (χ3n) is 4.98. The van der Waals surface area contributed by atoms with E-state index in [1.54, 1.807) is 17.0 Å². The number of fused-ring (bicyclic) bond motifs is 1. The number of halogens is 2. The number of carbonyl (C=O) groups excluding carboxylic acids is 2. The molecule has 2 aromatic carbocycles. The maximum absolute atomic E-state index is 13.2. The van der Waals surface area contributed by atoms with Crippen LogP contribution in [0.5, 0.6) is 11.5 Å². The third-order valence-corrected chi connectivity index (χ3v) is 4.98. The summed E-state index contributed by atoms with van der Waals surface area (Å²) in [5.74, 6) is -0.867. The van der Waals surface area contributed by atoms with E-state index in [4.69, 9.17) is 9.47 Å². The molecule has 1 atom stereocenters. The molecule has 2 aliphatic rings. The van der Waals surface area contributed by atoms with Crippen LogP contribution in [0.3, 0.4) is 0 Å². The molecule has 0 aliphatic carbocycles. The number of anilines is 1. The lowest BCUT2D eigenvalue weighted by Gasteiger charge is -2.36. The second-order valence-corrected chi connectivity index (χ2v) is 7.17. The Hall–Kier alpha value is -3.20. The lowest BCUT2D eigenvalue weighted by atomic mass is 10.2. The SMILES string of the molecule is O=C(CN1CCN(C(=O)[C@H]2COc3ccccc3O2)CC1)Nc1cc(F)cc(F)c1. The Morgan fingerprint density at radius 1 is 1.00 bits per heavy atom. The van der Waals surface area contributed by atoms with Crippen LogP contribution in [-0.2, 0) is 9.59 Å². The minimum atomic E-state index is -0.756. The third kappa shape index (κ3) is 4.68. The number of nitrogens with one attached hydrogen (secondary N) is 1. The van der Waals surface area contributed by atoms with Crippen LogP contribution in [-0.4, -0.2) is 67.0 Å². The van der Waals surface area contributed by atoms with Gasteiger partial charge in [0.15, 0.2) is 11.5 Å². The Morgan fingerprint density at radius 3 is 2.37 bits per heavy atom. The molecule has 0 aromatic heterocycles. The molecule has 0 unspecified atom stereocenters. The minimum Gasteiger partial charge on any atom is -0.485 e. The van der Waals surface area contributed by atoms with Crippen molar-refractivity contribution in [3.05, 3.63) is 54.1 Å². The second kappa shape index (κ2) is 8.66. The van der Waals surface area contributed by atoms with Gasteiger partial charge in [0, 0.05) is 37.9 Å². The number of benzene rings is 2. The molecular formula is C21H21F2N3O4. The highest BCUT2D eigenvalue weighted by molar-refractivity contribution is 5.92. The summed E-state index contributed by atoms with van der Waals surface area (Å²) in [6.07, 6.45) is -0.697. The van der Waals surface area contributed by atoms with Gasteiger partial charge in [-0.15, -0.1) is 0 Å². The smallest absolute Gasteiger partial charge is 0.267 e. The molecule has 0 bridgehead atoms. The number of carbonyl (C=O) groups is 2. The van der Waals surface area contributed by atoms with Gasteiger partial charge in [-0.2, -0.15) is 0 Å². The molecule has 1 N–H and O–H groups in total. The van der Waals surface area contributed by atoms with E-state index in [1.165, 1.54) is 0 Å². The molecular weight excluding hydrogens is 396 g/mol. The lowest BCUT2D eigenvalue weighted by Crippen LogP contribution is -2.54. The minimum absolute atomic E-state index is 0.0660. The van der Waals surface area contributed by atoms with Crippen LogP contribution < -0.4 is 14.8 Å². The summed E-state index contributed by atoms with van der Waals surface area (Å²) in [5, 5.41) is 2.49. The van der Waals surface area contributed by atoms with E-state index >= 15 is 0 Å². The molecule has 2 aromatic rings.